The number of likely N-dealkylation sites (tertiary alicyclic amines) is 1. The number of benzene rings is 1. The van der Waals surface area contributed by atoms with Crippen LogP contribution in [0.15, 0.2) is 29.8 Å². The Morgan fingerprint density at radius 2 is 1.95 bits per heavy atom. The highest BCUT2D eigenvalue weighted by Crippen LogP contribution is 2.41. The third kappa shape index (κ3) is 2.48. The van der Waals surface area contributed by atoms with Crippen molar-refractivity contribution in [1.29, 1.82) is 5.26 Å². The topological polar surface area (TPSA) is 56.1 Å². The molecule has 1 fully saturated rings. The number of allylic oxidation sites excluding steroid dienone is 1. The van der Waals surface area contributed by atoms with Crippen molar-refractivity contribution in [1.82, 2.24) is 10.2 Å². The van der Waals surface area contributed by atoms with E-state index in [0.29, 0.717) is 11.3 Å². The number of amides is 2. The number of rotatable bonds is 1. The number of fused-ring (bicyclic) bond motifs is 1. The number of urea groups is 1. The molecule has 0 bridgehead atoms. The van der Waals surface area contributed by atoms with E-state index in [1.54, 1.807) is 0 Å². The third-order valence-corrected chi connectivity index (χ3v) is 4.58. The second kappa shape index (κ2) is 5.49. The zero-order chi connectivity index (χ0) is 15.7. The Bertz CT molecular complexity index is 676. The van der Waals surface area contributed by atoms with Crippen LogP contribution in [0.3, 0.4) is 0 Å². The maximum Gasteiger partial charge on any atom is 0.321 e. The van der Waals surface area contributed by atoms with Crippen LogP contribution in [-0.2, 0) is 6.42 Å². The Hall–Kier alpha value is -2.28. The number of carbonyl (C=O) groups is 1. The Morgan fingerprint density at radius 1 is 1.27 bits per heavy atom. The SMILES string of the molecule is CC1(C)Cc2ccccc2C(NC(=O)N2CCCC2)=C1C#N. The third-order valence-electron chi connectivity index (χ3n) is 4.58. The van der Waals surface area contributed by atoms with E-state index in [1.807, 2.05) is 23.1 Å². The molecule has 1 heterocycles. The Kier molecular flexibility index (Phi) is 3.66. The highest BCUT2D eigenvalue weighted by atomic mass is 16.2. The van der Waals surface area contributed by atoms with E-state index in [-0.39, 0.29) is 11.4 Å². The van der Waals surface area contributed by atoms with Gasteiger partial charge in [-0.15, -0.1) is 0 Å². The predicted octanol–water partition coefficient (Wildman–Crippen LogP) is 3.31. The molecule has 0 saturated carbocycles. The number of nitrogens with one attached hydrogen (secondary N) is 1. The molecule has 2 amide bonds. The molecular formula is C18H21N3O. The van der Waals surface area contributed by atoms with Gasteiger partial charge in [0.1, 0.15) is 0 Å². The molecule has 4 nitrogen and oxygen atoms in total. The van der Waals surface area contributed by atoms with Crippen LogP contribution in [0.1, 0.15) is 37.8 Å². The summed E-state index contributed by atoms with van der Waals surface area (Å²) in [5.74, 6) is 0. The molecule has 114 valence electrons. The fourth-order valence-electron chi connectivity index (χ4n) is 3.40. The maximum absolute atomic E-state index is 12.5. The molecule has 0 unspecified atom stereocenters. The minimum Gasteiger partial charge on any atom is -0.325 e. The summed E-state index contributed by atoms with van der Waals surface area (Å²) in [6, 6.07) is 10.3. The summed E-state index contributed by atoms with van der Waals surface area (Å²) in [7, 11) is 0. The van der Waals surface area contributed by atoms with Crippen LogP contribution in [0.4, 0.5) is 4.79 Å². The molecule has 0 radical (unpaired) electrons. The molecule has 1 aromatic rings. The Morgan fingerprint density at radius 3 is 2.64 bits per heavy atom. The quantitative estimate of drug-likeness (QED) is 0.864. The van der Waals surface area contributed by atoms with Crippen molar-refractivity contribution in [2.24, 2.45) is 5.41 Å². The van der Waals surface area contributed by atoms with Crippen molar-refractivity contribution in [3.63, 3.8) is 0 Å². The van der Waals surface area contributed by atoms with Crippen molar-refractivity contribution >= 4 is 11.7 Å². The summed E-state index contributed by atoms with van der Waals surface area (Å²) in [6.45, 7) is 5.71. The lowest BCUT2D eigenvalue weighted by Gasteiger charge is -2.33. The first-order valence-corrected chi connectivity index (χ1v) is 7.82. The highest BCUT2D eigenvalue weighted by Gasteiger charge is 2.34. The standard InChI is InChI=1S/C18H21N3O/c1-18(2)11-13-7-3-4-8-14(13)16(15(18)12-19)20-17(22)21-9-5-6-10-21/h3-4,7-8H,5-6,9-11H2,1-2H3,(H,20,22). The van der Waals surface area contributed by atoms with E-state index < -0.39 is 0 Å². The molecule has 1 N–H and O–H groups in total. The van der Waals surface area contributed by atoms with Gasteiger partial charge in [0.2, 0.25) is 0 Å². The molecule has 4 heteroatoms. The van der Waals surface area contributed by atoms with E-state index in [2.05, 4.69) is 31.3 Å². The molecule has 0 atom stereocenters. The fourth-order valence-corrected chi connectivity index (χ4v) is 3.40. The van der Waals surface area contributed by atoms with Crippen LogP contribution in [-0.4, -0.2) is 24.0 Å². The zero-order valence-electron chi connectivity index (χ0n) is 13.1. The van der Waals surface area contributed by atoms with Gasteiger partial charge < -0.3 is 10.2 Å². The molecule has 0 aromatic heterocycles. The fraction of sp³-hybridized carbons (Fsp3) is 0.444. The minimum absolute atomic E-state index is 0.0900. The average molecular weight is 295 g/mol. The van der Waals surface area contributed by atoms with Crippen LogP contribution in [0.25, 0.3) is 5.70 Å². The average Bonchev–Trinajstić information content (AvgIpc) is 3.00. The summed E-state index contributed by atoms with van der Waals surface area (Å²) in [5.41, 5.74) is 3.25. The summed E-state index contributed by atoms with van der Waals surface area (Å²) in [5, 5.41) is 12.6. The number of nitriles is 1. The smallest absolute Gasteiger partial charge is 0.321 e. The maximum atomic E-state index is 12.5. The number of carbonyl (C=O) groups excluding carboxylic acids is 1. The first-order valence-electron chi connectivity index (χ1n) is 7.82. The van der Waals surface area contributed by atoms with E-state index in [1.165, 1.54) is 5.56 Å². The van der Waals surface area contributed by atoms with Crippen LogP contribution < -0.4 is 5.32 Å². The Balaban J connectivity index is 2.01. The van der Waals surface area contributed by atoms with Crippen LogP contribution in [0, 0.1) is 16.7 Å². The molecule has 3 rings (SSSR count). The second-order valence-electron chi connectivity index (χ2n) is 6.70. The molecular weight excluding hydrogens is 274 g/mol. The van der Waals surface area contributed by atoms with E-state index >= 15 is 0 Å². The number of hydrogen-bond acceptors (Lipinski definition) is 2. The summed E-state index contributed by atoms with van der Waals surface area (Å²) in [4.78, 5) is 14.3. The molecule has 1 saturated heterocycles. The van der Waals surface area contributed by atoms with Crippen molar-refractivity contribution in [2.45, 2.75) is 33.1 Å². The summed E-state index contributed by atoms with van der Waals surface area (Å²) < 4.78 is 0. The minimum atomic E-state index is -0.267. The lowest BCUT2D eigenvalue weighted by atomic mass is 9.72. The van der Waals surface area contributed by atoms with Gasteiger partial charge in [0.25, 0.3) is 0 Å². The van der Waals surface area contributed by atoms with Gasteiger partial charge in [-0.05, 0) is 24.8 Å². The normalized spacial score (nSPS) is 19.6. The molecule has 1 aliphatic heterocycles. The van der Waals surface area contributed by atoms with Gasteiger partial charge in [0.05, 0.1) is 17.3 Å². The van der Waals surface area contributed by atoms with Crippen LogP contribution >= 0.6 is 0 Å². The molecule has 1 aliphatic carbocycles. The zero-order valence-corrected chi connectivity index (χ0v) is 13.1. The van der Waals surface area contributed by atoms with E-state index in [0.717, 1.165) is 37.9 Å². The van der Waals surface area contributed by atoms with Crippen LogP contribution in [0.5, 0.6) is 0 Å². The van der Waals surface area contributed by atoms with Crippen molar-refractivity contribution < 1.29 is 4.79 Å². The Labute approximate surface area is 131 Å². The molecule has 22 heavy (non-hydrogen) atoms. The van der Waals surface area contributed by atoms with Gasteiger partial charge in [-0.25, -0.2) is 4.79 Å². The molecule has 0 spiro atoms. The van der Waals surface area contributed by atoms with Gasteiger partial charge in [0.15, 0.2) is 0 Å². The largest absolute Gasteiger partial charge is 0.325 e. The lowest BCUT2D eigenvalue weighted by molar-refractivity contribution is 0.213. The highest BCUT2D eigenvalue weighted by molar-refractivity contribution is 5.89. The first kappa shape index (κ1) is 14.6. The monoisotopic (exact) mass is 295 g/mol. The summed E-state index contributed by atoms with van der Waals surface area (Å²) in [6.07, 6.45) is 2.93. The van der Waals surface area contributed by atoms with Gasteiger partial charge in [-0.3, -0.25) is 0 Å². The van der Waals surface area contributed by atoms with Gasteiger partial charge in [-0.2, -0.15) is 5.26 Å². The number of nitrogens with zero attached hydrogens (tertiary/aromatic N) is 2. The van der Waals surface area contributed by atoms with Gasteiger partial charge in [-0.1, -0.05) is 38.1 Å². The van der Waals surface area contributed by atoms with Crippen molar-refractivity contribution in [2.75, 3.05) is 13.1 Å². The first-order chi connectivity index (χ1) is 10.5. The van der Waals surface area contributed by atoms with Gasteiger partial charge in [0, 0.05) is 24.1 Å². The van der Waals surface area contributed by atoms with Crippen molar-refractivity contribution in [3.8, 4) is 6.07 Å². The summed E-state index contributed by atoms with van der Waals surface area (Å²) >= 11 is 0. The van der Waals surface area contributed by atoms with E-state index in [9.17, 15) is 10.1 Å². The van der Waals surface area contributed by atoms with E-state index in [4.69, 9.17) is 0 Å². The van der Waals surface area contributed by atoms with Crippen LogP contribution in [0.2, 0.25) is 0 Å². The predicted molar refractivity (Wildman–Crippen MR) is 85.8 cm³/mol. The van der Waals surface area contributed by atoms with Crippen molar-refractivity contribution in [3.05, 3.63) is 41.0 Å². The second-order valence-corrected chi connectivity index (χ2v) is 6.70. The number of hydrogen-bond donors (Lipinski definition) is 1. The molecule has 2 aliphatic rings. The van der Waals surface area contributed by atoms with Gasteiger partial charge >= 0.3 is 6.03 Å². The molecule has 1 aromatic carbocycles. The lowest BCUT2D eigenvalue weighted by Crippen LogP contribution is -2.39.